The SMILES string of the molecule is Cc1ccc([C@@]23CCN(S(=O)(=O)c4ccc(C)cc4)[C@@H]2CC(=O)c2ccccc23)cc1. The lowest BCUT2D eigenvalue weighted by atomic mass is 9.63. The molecule has 2 atom stereocenters. The van der Waals surface area contributed by atoms with E-state index in [1.807, 2.05) is 50.2 Å². The second-order valence-corrected chi connectivity index (χ2v) is 10.6. The second-order valence-electron chi connectivity index (χ2n) is 8.70. The zero-order chi connectivity index (χ0) is 21.8. The third-order valence-electron chi connectivity index (χ3n) is 6.92. The lowest BCUT2D eigenvalue weighted by Crippen LogP contribution is -2.50. The number of carbonyl (C=O) groups excluding carboxylic acids is 1. The van der Waals surface area contributed by atoms with Crippen molar-refractivity contribution in [2.75, 3.05) is 6.54 Å². The van der Waals surface area contributed by atoms with Gasteiger partial charge in [-0.15, -0.1) is 0 Å². The number of sulfonamides is 1. The van der Waals surface area contributed by atoms with Crippen LogP contribution in [0.1, 0.15) is 45.5 Å². The Morgan fingerprint density at radius 3 is 2.16 bits per heavy atom. The molecule has 3 aromatic rings. The highest BCUT2D eigenvalue weighted by Crippen LogP contribution is 2.52. The second kappa shape index (κ2) is 7.14. The zero-order valence-electron chi connectivity index (χ0n) is 17.7. The molecule has 1 saturated heterocycles. The largest absolute Gasteiger partial charge is 0.294 e. The van der Waals surface area contributed by atoms with Crippen LogP contribution in [0.5, 0.6) is 0 Å². The van der Waals surface area contributed by atoms with E-state index in [9.17, 15) is 13.2 Å². The number of rotatable bonds is 3. The van der Waals surface area contributed by atoms with Crippen LogP contribution in [0.15, 0.2) is 77.7 Å². The molecule has 1 aliphatic carbocycles. The van der Waals surface area contributed by atoms with Gasteiger partial charge in [-0.1, -0.05) is 71.8 Å². The molecule has 5 rings (SSSR count). The van der Waals surface area contributed by atoms with Crippen molar-refractivity contribution in [1.29, 1.82) is 0 Å². The van der Waals surface area contributed by atoms with E-state index < -0.39 is 21.5 Å². The van der Waals surface area contributed by atoms with E-state index in [-0.39, 0.29) is 17.1 Å². The van der Waals surface area contributed by atoms with Gasteiger partial charge in [0.1, 0.15) is 0 Å². The summed E-state index contributed by atoms with van der Waals surface area (Å²) in [5, 5.41) is 0. The van der Waals surface area contributed by atoms with E-state index in [1.165, 1.54) is 0 Å². The third kappa shape index (κ3) is 2.99. The Bertz CT molecular complexity index is 1260. The van der Waals surface area contributed by atoms with E-state index in [1.54, 1.807) is 16.4 Å². The molecule has 0 unspecified atom stereocenters. The van der Waals surface area contributed by atoms with Gasteiger partial charge in [-0.3, -0.25) is 4.79 Å². The molecule has 2 aliphatic rings. The van der Waals surface area contributed by atoms with Crippen LogP contribution in [-0.4, -0.2) is 31.1 Å². The van der Waals surface area contributed by atoms with Gasteiger partial charge in [0.05, 0.1) is 4.90 Å². The Hall–Kier alpha value is -2.76. The van der Waals surface area contributed by atoms with Crippen molar-refractivity contribution in [3.05, 3.63) is 101 Å². The Morgan fingerprint density at radius 1 is 0.871 bits per heavy atom. The quantitative estimate of drug-likeness (QED) is 0.607. The molecule has 0 N–H and O–H groups in total. The van der Waals surface area contributed by atoms with E-state index in [2.05, 4.69) is 24.3 Å². The van der Waals surface area contributed by atoms with Crippen molar-refractivity contribution >= 4 is 15.8 Å². The fraction of sp³-hybridized carbons (Fsp3) is 0.269. The minimum atomic E-state index is -3.72. The molecule has 0 aromatic heterocycles. The van der Waals surface area contributed by atoms with Crippen LogP contribution in [0.25, 0.3) is 0 Å². The molecule has 4 nitrogen and oxygen atoms in total. The summed E-state index contributed by atoms with van der Waals surface area (Å²) >= 11 is 0. The summed E-state index contributed by atoms with van der Waals surface area (Å²) in [6.07, 6.45) is 0.839. The molecule has 31 heavy (non-hydrogen) atoms. The Labute approximate surface area is 183 Å². The first kappa shape index (κ1) is 20.2. The Kier molecular flexibility index (Phi) is 4.65. The molecular weight excluding hydrogens is 406 g/mol. The fourth-order valence-electron chi connectivity index (χ4n) is 5.32. The van der Waals surface area contributed by atoms with E-state index in [0.717, 1.165) is 22.3 Å². The highest BCUT2D eigenvalue weighted by Gasteiger charge is 2.57. The van der Waals surface area contributed by atoms with E-state index in [4.69, 9.17) is 0 Å². The number of benzene rings is 3. The monoisotopic (exact) mass is 431 g/mol. The number of aryl methyl sites for hydroxylation is 2. The number of nitrogens with zero attached hydrogens (tertiary/aromatic N) is 1. The van der Waals surface area contributed by atoms with Crippen LogP contribution < -0.4 is 0 Å². The number of hydrogen-bond donors (Lipinski definition) is 0. The van der Waals surface area contributed by atoms with Gasteiger partial charge in [-0.2, -0.15) is 4.31 Å². The first-order valence-electron chi connectivity index (χ1n) is 10.6. The molecule has 0 spiro atoms. The van der Waals surface area contributed by atoms with Crippen LogP contribution in [-0.2, 0) is 15.4 Å². The van der Waals surface area contributed by atoms with Crippen molar-refractivity contribution in [2.24, 2.45) is 0 Å². The summed E-state index contributed by atoms with van der Waals surface area (Å²) in [5.74, 6) is 0.00865. The molecule has 0 saturated carbocycles. The topological polar surface area (TPSA) is 54.5 Å². The van der Waals surface area contributed by atoms with E-state index in [0.29, 0.717) is 18.5 Å². The van der Waals surface area contributed by atoms with Crippen LogP contribution in [0, 0.1) is 13.8 Å². The van der Waals surface area contributed by atoms with Gasteiger partial charge < -0.3 is 0 Å². The highest BCUT2D eigenvalue weighted by molar-refractivity contribution is 7.89. The van der Waals surface area contributed by atoms with E-state index >= 15 is 0 Å². The minimum absolute atomic E-state index is 0.00865. The third-order valence-corrected chi connectivity index (χ3v) is 8.85. The molecule has 0 bridgehead atoms. The summed E-state index contributed by atoms with van der Waals surface area (Å²) in [4.78, 5) is 13.4. The summed E-state index contributed by atoms with van der Waals surface area (Å²) in [7, 11) is -3.72. The molecular formula is C26H25NO3S. The zero-order valence-corrected chi connectivity index (χ0v) is 18.5. The van der Waals surface area contributed by atoms with Crippen molar-refractivity contribution in [3.63, 3.8) is 0 Å². The Balaban J connectivity index is 1.70. The first-order chi connectivity index (χ1) is 14.8. The molecule has 158 valence electrons. The maximum atomic E-state index is 13.7. The number of hydrogen-bond acceptors (Lipinski definition) is 3. The lowest BCUT2D eigenvalue weighted by Gasteiger charge is -2.42. The predicted octanol–water partition coefficient (Wildman–Crippen LogP) is 4.64. The normalized spacial score (nSPS) is 23.4. The van der Waals surface area contributed by atoms with Crippen LogP contribution >= 0.6 is 0 Å². The van der Waals surface area contributed by atoms with Gasteiger partial charge in [-0.25, -0.2) is 8.42 Å². The first-order valence-corrected chi connectivity index (χ1v) is 12.1. The van der Waals surface area contributed by atoms with Gasteiger partial charge in [0.25, 0.3) is 0 Å². The minimum Gasteiger partial charge on any atom is -0.294 e. The van der Waals surface area contributed by atoms with Gasteiger partial charge in [0.15, 0.2) is 5.78 Å². The summed E-state index contributed by atoms with van der Waals surface area (Å²) in [5.41, 5.74) is 4.37. The van der Waals surface area contributed by atoms with Gasteiger partial charge in [0, 0.05) is 30.0 Å². The van der Waals surface area contributed by atoms with Crippen LogP contribution in [0.2, 0.25) is 0 Å². The van der Waals surface area contributed by atoms with Crippen LogP contribution in [0.4, 0.5) is 0 Å². The van der Waals surface area contributed by atoms with Crippen LogP contribution in [0.3, 0.4) is 0 Å². The number of fused-ring (bicyclic) bond motifs is 3. The summed E-state index contributed by atoms with van der Waals surface area (Å²) in [6.45, 7) is 4.36. The predicted molar refractivity (Wildman–Crippen MR) is 121 cm³/mol. The Morgan fingerprint density at radius 2 is 1.48 bits per heavy atom. The number of carbonyl (C=O) groups is 1. The number of ketones is 1. The fourth-order valence-corrected chi connectivity index (χ4v) is 6.99. The maximum Gasteiger partial charge on any atom is 0.243 e. The van der Waals surface area contributed by atoms with Crippen molar-refractivity contribution in [1.82, 2.24) is 4.31 Å². The van der Waals surface area contributed by atoms with Gasteiger partial charge in [-0.05, 0) is 43.5 Å². The standard InChI is InChI=1S/C26H25NO3S/c1-18-7-11-20(12-8-18)26-15-16-27(31(29,30)21-13-9-19(2)10-14-21)25(26)17-24(28)22-5-3-4-6-23(22)26/h3-14,25H,15-17H2,1-2H3/t25-,26-/m1/s1. The molecule has 3 aromatic carbocycles. The number of Topliss-reactive ketones (excluding diaryl/α,β-unsaturated/α-hetero) is 1. The summed E-state index contributed by atoms with van der Waals surface area (Å²) in [6, 6.07) is 22.5. The van der Waals surface area contributed by atoms with Gasteiger partial charge in [0.2, 0.25) is 10.0 Å². The average molecular weight is 432 g/mol. The molecule has 0 amide bonds. The molecule has 5 heteroatoms. The lowest BCUT2D eigenvalue weighted by molar-refractivity contribution is 0.0929. The molecule has 0 radical (unpaired) electrons. The average Bonchev–Trinajstić information content (AvgIpc) is 3.16. The molecule has 1 fully saturated rings. The maximum absolute atomic E-state index is 13.7. The van der Waals surface area contributed by atoms with Crippen molar-refractivity contribution in [3.8, 4) is 0 Å². The van der Waals surface area contributed by atoms with Crippen molar-refractivity contribution < 1.29 is 13.2 Å². The van der Waals surface area contributed by atoms with Crippen molar-refractivity contribution in [2.45, 2.75) is 43.0 Å². The highest BCUT2D eigenvalue weighted by atomic mass is 32.2. The molecule has 1 heterocycles. The van der Waals surface area contributed by atoms with Gasteiger partial charge >= 0.3 is 0 Å². The summed E-state index contributed by atoms with van der Waals surface area (Å²) < 4.78 is 28.9. The smallest absolute Gasteiger partial charge is 0.243 e. The molecule has 1 aliphatic heterocycles.